The first-order valence-corrected chi connectivity index (χ1v) is 14.6. The Morgan fingerprint density at radius 2 is 1.59 bits per heavy atom. The number of ether oxygens (including phenoxy) is 5. The first-order valence-electron chi connectivity index (χ1n) is 14.6. The fraction of sp³-hybridized carbons (Fsp3) is 0.531. The smallest absolute Gasteiger partial charge is 0.336 e. The Labute approximate surface area is 256 Å². The van der Waals surface area contributed by atoms with Crippen LogP contribution in [0, 0.1) is 20.8 Å². The van der Waals surface area contributed by atoms with Gasteiger partial charge < -0.3 is 54.3 Å². The van der Waals surface area contributed by atoms with Crippen LogP contribution in [-0.4, -0.2) is 111 Å². The number of hydrogen-bond acceptors (Lipinski definition) is 12. The van der Waals surface area contributed by atoms with Crippen LogP contribution in [0.15, 0.2) is 42.5 Å². The monoisotopic (exact) mass is 618 g/mol. The zero-order chi connectivity index (χ0) is 32.1. The van der Waals surface area contributed by atoms with Crippen LogP contribution < -0.4 is 4.74 Å². The highest BCUT2D eigenvalue weighted by Crippen LogP contribution is 2.30. The van der Waals surface area contributed by atoms with Crippen molar-refractivity contribution in [1.29, 1.82) is 0 Å². The topological polar surface area (TPSA) is 185 Å². The van der Waals surface area contributed by atoms with Gasteiger partial charge in [0.25, 0.3) is 0 Å². The fourth-order valence-corrected chi connectivity index (χ4v) is 5.08. The standard InChI is InChI=1S/C32H42O12/c1-16-5-6-20(13-17(16)2)8-10-24(34)42-22-9-7-21(14-18(22)3)11-12-40-31-29(39)30(26(36)23(15-33)43-31)44-32-28(38)27(37)25(35)19(4)41-32/h5-10,13-14,19,23,25-33,35-39H,11-12,15H2,1-4H3/b10-8+. The molecule has 0 saturated carbocycles. The van der Waals surface area contributed by atoms with Gasteiger partial charge >= 0.3 is 5.97 Å². The molecule has 10 unspecified atom stereocenters. The summed E-state index contributed by atoms with van der Waals surface area (Å²) >= 11 is 0. The van der Waals surface area contributed by atoms with Gasteiger partial charge in [-0.3, -0.25) is 0 Å². The third kappa shape index (κ3) is 8.09. The largest absolute Gasteiger partial charge is 0.423 e. The van der Waals surface area contributed by atoms with Crippen LogP contribution in [-0.2, 0) is 30.2 Å². The second kappa shape index (κ2) is 15.0. The second-order valence-electron chi connectivity index (χ2n) is 11.3. The minimum absolute atomic E-state index is 0.0739. The lowest BCUT2D eigenvalue weighted by molar-refractivity contribution is -0.357. The molecule has 0 radical (unpaired) electrons. The van der Waals surface area contributed by atoms with Crippen molar-refractivity contribution in [1.82, 2.24) is 0 Å². The molecule has 2 aromatic carbocycles. The molecule has 0 aliphatic carbocycles. The van der Waals surface area contributed by atoms with E-state index in [0.29, 0.717) is 12.2 Å². The van der Waals surface area contributed by atoms with Crippen LogP contribution in [0.4, 0.5) is 0 Å². The van der Waals surface area contributed by atoms with Gasteiger partial charge in [-0.15, -0.1) is 0 Å². The first kappa shape index (κ1) is 34.1. The van der Waals surface area contributed by atoms with Gasteiger partial charge in [-0.05, 0) is 74.1 Å². The molecule has 10 atom stereocenters. The van der Waals surface area contributed by atoms with Crippen LogP contribution in [0.3, 0.4) is 0 Å². The van der Waals surface area contributed by atoms with Crippen LogP contribution in [0.25, 0.3) is 6.08 Å². The molecule has 4 rings (SSSR count). The summed E-state index contributed by atoms with van der Waals surface area (Å²) in [7, 11) is 0. The molecule has 0 aromatic heterocycles. The lowest BCUT2D eigenvalue weighted by Crippen LogP contribution is -2.64. The average molecular weight is 619 g/mol. The molecule has 2 fully saturated rings. The number of aryl methyl sites for hydroxylation is 3. The summed E-state index contributed by atoms with van der Waals surface area (Å²) in [6.45, 7) is 6.77. The van der Waals surface area contributed by atoms with Crippen LogP contribution in [0.1, 0.15) is 34.7 Å². The van der Waals surface area contributed by atoms with Crippen molar-refractivity contribution < 1.29 is 59.1 Å². The van der Waals surface area contributed by atoms with E-state index in [9.17, 15) is 35.4 Å². The number of aliphatic hydroxyl groups is 6. The SMILES string of the molecule is Cc1ccc(/C=C/C(=O)Oc2ccc(CCOC3OC(CO)C(O)C(OC4OC(C)C(O)C(O)C4O)C3O)cc2C)cc1C. The van der Waals surface area contributed by atoms with Gasteiger partial charge in [0.05, 0.1) is 19.3 Å². The molecular weight excluding hydrogens is 576 g/mol. The number of esters is 1. The highest BCUT2D eigenvalue weighted by molar-refractivity contribution is 5.88. The highest BCUT2D eigenvalue weighted by atomic mass is 16.7. The minimum atomic E-state index is -1.66. The summed E-state index contributed by atoms with van der Waals surface area (Å²) in [6, 6.07) is 11.2. The lowest BCUT2D eigenvalue weighted by Gasteiger charge is -2.45. The van der Waals surface area contributed by atoms with E-state index in [4.69, 9.17) is 23.7 Å². The molecule has 2 heterocycles. The van der Waals surface area contributed by atoms with Crippen molar-refractivity contribution >= 4 is 12.0 Å². The number of carbonyl (C=O) groups excluding carboxylic acids is 1. The Bertz CT molecular complexity index is 1300. The van der Waals surface area contributed by atoms with E-state index in [2.05, 4.69) is 0 Å². The number of hydrogen-bond donors (Lipinski definition) is 6. The molecule has 6 N–H and O–H groups in total. The van der Waals surface area contributed by atoms with Crippen molar-refractivity contribution in [2.45, 2.75) is 95.5 Å². The van der Waals surface area contributed by atoms with Gasteiger partial charge in [0.2, 0.25) is 0 Å². The van der Waals surface area contributed by atoms with Crippen LogP contribution >= 0.6 is 0 Å². The van der Waals surface area contributed by atoms with E-state index in [-0.39, 0.29) is 6.61 Å². The predicted molar refractivity (Wildman–Crippen MR) is 156 cm³/mol. The summed E-state index contributed by atoms with van der Waals surface area (Å²) in [5.74, 6) is -0.0937. The molecule has 0 bridgehead atoms. The lowest BCUT2D eigenvalue weighted by atomic mass is 9.97. The van der Waals surface area contributed by atoms with Crippen molar-refractivity contribution in [2.75, 3.05) is 13.2 Å². The number of rotatable bonds is 10. The third-order valence-corrected chi connectivity index (χ3v) is 7.99. The van der Waals surface area contributed by atoms with E-state index in [1.54, 1.807) is 18.2 Å². The number of aliphatic hydroxyl groups excluding tert-OH is 6. The Hall–Kier alpha value is -2.75. The molecule has 2 aliphatic rings. The number of benzene rings is 2. The zero-order valence-electron chi connectivity index (χ0n) is 25.1. The summed E-state index contributed by atoms with van der Waals surface area (Å²) < 4.78 is 27.9. The maximum Gasteiger partial charge on any atom is 0.336 e. The quantitative estimate of drug-likeness (QED) is 0.123. The normalized spacial score (nSPS) is 32.6. The molecule has 12 heteroatoms. The van der Waals surface area contributed by atoms with Crippen molar-refractivity contribution in [2.24, 2.45) is 0 Å². The van der Waals surface area contributed by atoms with E-state index < -0.39 is 74.0 Å². The van der Waals surface area contributed by atoms with Crippen molar-refractivity contribution in [3.63, 3.8) is 0 Å². The molecule has 44 heavy (non-hydrogen) atoms. The van der Waals surface area contributed by atoms with Crippen LogP contribution in [0.2, 0.25) is 0 Å². The average Bonchev–Trinajstić information content (AvgIpc) is 2.99. The van der Waals surface area contributed by atoms with E-state index in [1.165, 1.54) is 18.6 Å². The molecule has 2 saturated heterocycles. The number of carbonyl (C=O) groups is 1. The van der Waals surface area contributed by atoms with Crippen LogP contribution in [0.5, 0.6) is 5.75 Å². The minimum Gasteiger partial charge on any atom is -0.423 e. The zero-order valence-corrected chi connectivity index (χ0v) is 25.1. The predicted octanol–water partition coefficient (Wildman–Crippen LogP) is 0.441. The molecule has 242 valence electrons. The Morgan fingerprint density at radius 1 is 0.841 bits per heavy atom. The van der Waals surface area contributed by atoms with Gasteiger partial charge in [0.1, 0.15) is 48.5 Å². The van der Waals surface area contributed by atoms with Crippen molar-refractivity contribution in [3.05, 3.63) is 70.3 Å². The van der Waals surface area contributed by atoms with Gasteiger partial charge in [0, 0.05) is 6.08 Å². The summed E-state index contributed by atoms with van der Waals surface area (Å²) in [4.78, 5) is 12.4. The van der Waals surface area contributed by atoms with Crippen molar-refractivity contribution in [3.8, 4) is 5.75 Å². The molecule has 0 spiro atoms. The third-order valence-electron chi connectivity index (χ3n) is 7.99. The van der Waals surface area contributed by atoms with E-state index in [1.807, 2.05) is 45.0 Å². The van der Waals surface area contributed by atoms with E-state index >= 15 is 0 Å². The second-order valence-corrected chi connectivity index (χ2v) is 11.3. The van der Waals surface area contributed by atoms with Gasteiger partial charge in [-0.2, -0.15) is 0 Å². The summed E-state index contributed by atoms with van der Waals surface area (Å²) in [5.41, 5.74) is 4.78. The fourth-order valence-electron chi connectivity index (χ4n) is 5.08. The van der Waals surface area contributed by atoms with Gasteiger partial charge in [0.15, 0.2) is 12.6 Å². The molecule has 0 amide bonds. The molecule has 2 aromatic rings. The molecule has 2 aliphatic heterocycles. The first-order chi connectivity index (χ1) is 20.9. The maximum absolute atomic E-state index is 12.4. The molecule has 12 nitrogen and oxygen atoms in total. The van der Waals surface area contributed by atoms with Gasteiger partial charge in [-0.25, -0.2) is 4.79 Å². The highest BCUT2D eigenvalue weighted by Gasteiger charge is 2.50. The summed E-state index contributed by atoms with van der Waals surface area (Å²) in [5, 5.41) is 61.6. The Morgan fingerprint density at radius 3 is 2.27 bits per heavy atom. The van der Waals surface area contributed by atoms with E-state index in [0.717, 1.165) is 22.3 Å². The maximum atomic E-state index is 12.4. The summed E-state index contributed by atoms with van der Waals surface area (Å²) in [6.07, 6.45) is -10.5. The molecular formula is C32H42O12. The Balaban J connectivity index is 1.32. The Kier molecular flexibility index (Phi) is 11.7. The van der Waals surface area contributed by atoms with Gasteiger partial charge in [-0.1, -0.05) is 30.3 Å².